The summed E-state index contributed by atoms with van der Waals surface area (Å²) in [4.78, 5) is 0. The minimum absolute atomic E-state index is 0.910. The molecule has 1 aromatic rings. The number of hydrogen-bond donors (Lipinski definition) is 0. The zero-order chi connectivity index (χ0) is 9.94. The van der Waals surface area contributed by atoms with Gasteiger partial charge in [-0.3, -0.25) is 0 Å². The van der Waals surface area contributed by atoms with E-state index in [1.165, 1.54) is 12.5 Å². The van der Waals surface area contributed by atoms with Crippen LogP contribution in [0, 0.1) is 0 Å². The summed E-state index contributed by atoms with van der Waals surface area (Å²) in [6.07, 6.45) is 2.62. The molecule has 0 unspecified atom stereocenters. The van der Waals surface area contributed by atoms with Crippen LogP contribution in [-0.4, -0.2) is 7.11 Å². The highest BCUT2D eigenvalue weighted by molar-refractivity contribution is 5.20. The van der Waals surface area contributed by atoms with Gasteiger partial charge in [-0.15, -0.1) is 0 Å². The number of benzene rings is 1. The van der Waals surface area contributed by atoms with E-state index in [2.05, 4.69) is 17.9 Å². The first-order valence-electron chi connectivity index (χ1n) is 3.81. The molecule has 1 aromatic carbocycles. The van der Waals surface area contributed by atoms with Gasteiger partial charge < -0.3 is 9.47 Å². The van der Waals surface area contributed by atoms with Crippen molar-refractivity contribution in [2.45, 2.75) is 0 Å². The third kappa shape index (κ3) is 6.69. The van der Waals surface area contributed by atoms with Crippen molar-refractivity contribution in [2.24, 2.45) is 0 Å². The standard InChI is InChI=1S/C7H8O.C4H6O/c1-8-7-5-3-2-4-6-7;1-3-5-4-2/h2-6H,1H3;3-4H,1-2H2. The Balaban J connectivity index is 0.000000252. The second kappa shape index (κ2) is 8.40. The van der Waals surface area contributed by atoms with Gasteiger partial charge in [-0.1, -0.05) is 31.4 Å². The van der Waals surface area contributed by atoms with Crippen LogP contribution in [0.5, 0.6) is 5.75 Å². The van der Waals surface area contributed by atoms with Crippen LogP contribution in [0.4, 0.5) is 0 Å². The molecule has 2 nitrogen and oxygen atoms in total. The minimum Gasteiger partial charge on any atom is -0.497 e. The van der Waals surface area contributed by atoms with Crippen molar-refractivity contribution < 1.29 is 9.47 Å². The van der Waals surface area contributed by atoms with E-state index in [-0.39, 0.29) is 0 Å². The van der Waals surface area contributed by atoms with Crippen LogP contribution in [0.3, 0.4) is 0 Å². The van der Waals surface area contributed by atoms with Gasteiger partial charge in [0.2, 0.25) is 0 Å². The first-order valence-corrected chi connectivity index (χ1v) is 3.81. The molecule has 0 fully saturated rings. The molecule has 0 saturated carbocycles. The molecule has 70 valence electrons. The third-order valence-corrected chi connectivity index (χ3v) is 1.17. The van der Waals surface area contributed by atoms with Gasteiger partial charge >= 0.3 is 0 Å². The van der Waals surface area contributed by atoms with Crippen molar-refractivity contribution in [3.8, 4) is 5.75 Å². The normalized spacial score (nSPS) is 7.46. The summed E-state index contributed by atoms with van der Waals surface area (Å²) >= 11 is 0. The van der Waals surface area contributed by atoms with Crippen LogP contribution in [-0.2, 0) is 4.74 Å². The summed E-state index contributed by atoms with van der Waals surface area (Å²) in [7, 11) is 1.66. The Labute approximate surface area is 79.1 Å². The van der Waals surface area contributed by atoms with Gasteiger partial charge in [0.1, 0.15) is 5.75 Å². The van der Waals surface area contributed by atoms with Gasteiger partial charge in [0.05, 0.1) is 19.6 Å². The molecule has 0 aliphatic carbocycles. The van der Waals surface area contributed by atoms with Crippen LogP contribution >= 0.6 is 0 Å². The maximum Gasteiger partial charge on any atom is 0.118 e. The van der Waals surface area contributed by atoms with Crippen molar-refractivity contribution in [2.75, 3.05) is 7.11 Å². The SMILES string of the molecule is C=COC=C.COc1ccccc1. The summed E-state index contributed by atoms with van der Waals surface area (Å²) in [5.74, 6) is 0.910. The van der Waals surface area contributed by atoms with Crippen molar-refractivity contribution in [1.82, 2.24) is 0 Å². The van der Waals surface area contributed by atoms with Crippen molar-refractivity contribution in [3.63, 3.8) is 0 Å². The quantitative estimate of drug-likeness (QED) is 0.662. The topological polar surface area (TPSA) is 18.5 Å². The molecular weight excluding hydrogens is 164 g/mol. The van der Waals surface area contributed by atoms with Crippen molar-refractivity contribution >= 4 is 0 Å². The van der Waals surface area contributed by atoms with Gasteiger partial charge in [0.25, 0.3) is 0 Å². The number of ether oxygens (including phenoxy) is 2. The van der Waals surface area contributed by atoms with Crippen LogP contribution < -0.4 is 4.74 Å². The predicted octanol–water partition coefficient (Wildman–Crippen LogP) is 2.99. The fourth-order valence-corrected chi connectivity index (χ4v) is 0.625. The number of para-hydroxylation sites is 1. The molecular formula is C11H14O2. The van der Waals surface area contributed by atoms with E-state index >= 15 is 0 Å². The number of rotatable bonds is 3. The Bertz CT molecular complexity index is 223. The average Bonchev–Trinajstić information content (AvgIpc) is 2.21. The van der Waals surface area contributed by atoms with E-state index in [9.17, 15) is 0 Å². The van der Waals surface area contributed by atoms with E-state index in [0.717, 1.165) is 5.75 Å². The second-order valence-corrected chi connectivity index (χ2v) is 1.99. The van der Waals surface area contributed by atoms with E-state index in [1.54, 1.807) is 7.11 Å². The summed E-state index contributed by atoms with van der Waals surface area (Å²) in [5, 5.41) is 0. The summed E-state index contributed by atoms with van der Waals surface area (Å²) in [6, 6.07) is 9.68. The van der Waals surface area contributed by atoms with Gasteiger partial charge in [-0.05, 0) is 12.1 Å². The maximum absolute atomic E-state index is 4.91. The van der Waals surface area contributed by atoms with Crippen molar-refractivity contribution in [3.05, 3.63) is 56.0 Å². The summed E-state index contributed by atoms with van der Waals surface area (Å²) in [5.41, 5.74) is 0. The molecule has 0 aliphatic heterocycles. The zero-order valence-electron chi connectivity index (χ0n) is 7.77. The van der Waals surface area contributed by atoms with Crippen molar-refractivity contribution in [1.29, 1.82) is 0 Å². The highest BCUT2D eigenvalue weighted by atomic mass is 16.5. The first-order chi connectivity index (χ1) is 6.35. The van der Waals surface area contributed by atoms with E-state index in [0.29, 0.717) is 0 Å². The fourth-order valence-electron chi connectivity index (χ4n) is 0.625. The number of hydrogen-bond acceptors (Lipinski definition) is 2. The van der Waals surface area contributed by atoms with E-state index in [4.69, 9.17) is 4.74 Å². The first kappa shape index (κ1) is 11.3. The Morgan fingerprint density at radius 3 is 1.85 bits per heavy atom. The van der Waals surface area contributed by atoms with Crippen LogP contribution in [0.25, 0.3) is 0 Å². The van der Waals surface area contributed by atoms with E-state index < -0.39 is 0 Å². The molecule has 0 spiro atoms. The monoisotopic (exact) mass is 178 g/mol. The van der Waals surface area contributed by atoms with Gasteiger partial charge in [0, 0.05) is 0 Å². The molecule has 0 amide bonds. The lowest BCUT2D eigenvalue weighted by atomic mass is 10.3. The van der Waals surface area contributed by atoms with Gasteiger partial charge in [-0.25, -0.2) is 0 Å². The number of methoxy groups -OCH3 is 1. The van der Waals surface area contributed by atoms with Gasteiger partial charge in [0.15, 0.2) is 0 Å². The largest absolute Gasteiger partial charge is 0.497 e. The lowest BCUT2D eigenvalue weighted by molar-refractivity contribution is 0.406. The highest BCUT2D eigenvalue weighted by Crippen LogP contribution is 2.05. The summed E-state index contributed by atoms with van der Waals surface area (Å²) in [6.45, 7) is 6.51. The lowest BCUT2D eigenvalue weighted by Gasteiger charge is -1.93. The lowest BCUT2D eigenvalue weighted by Crippen LogP contribution is -1.78. The minimum atomic E-state index is 0.910. The fraction of sp³-hybridized carbons (Fsp3) is 0.0909. The maximum atomic E-state index is 4.91. The Morgan fingerprint density at radius 1 is 1.08 bits per heavy atom. The molecule has 0 aromatic heterocycles. The third-order valence-electron chi connectivity index (χ3n) is 1.17. The smallest absolute Gasteiger partial charge is 0.118 e. The van der Waals surface area contributed by atoms with E-state index in [1.807, 2.05) is 30.3 Å². The van der Waals surface area contributed by atoms with Crippen LogP contribution in [0.15, 0.2) is 56.0 Å². The predicted molar refractivity (Wildman–Crippen MR) is 54.5 cm³/mol. The zero-order valence-corrected chi connectivity index (χ0v) is 7.77. The van der Waals surface area contributed by atoms with Crippen LogP contribution in [0.2, 0.25) is 0 Å². The molecule has 0 radical (unpaired) electrons. The molecule has 13 heavy (non-hydrogen) atoms. The Kier molecular flexibility index (Phi) is 7.30. The molecule has 0 saturated heterocycles. The average molecular weight is 178 g/mol. The molecule has 0 heterocycles. The van der Waals surface area contributed by atoms with Crippen LogP contribution in [0.1, 0.15) is 0 Å². The molecule has 0 atom stereocenters. The Morgan fingerprint density at radius 2 is 1.62 bits per heavy atom. The molecule has 0 aliphatic rings. The Hall–Kier alpha value is -1.70. The second-order valence-electron chi connectivity index (χ2n) is 1.99. The van der Waals surface area contributed by atoms with Gasteiger partial charge in [-0.2, -0.15) is 0 Å². The highest BCUT2D eigenvalue weighted by Gasteiger charge is 1.80. The molecule has 1 rings (SSSR count). The molecule has 2 heteroatoms. The molecule has 0 bridgehead atoms. The summed E-state index contributed by atoms with van der Waals surface area (Å²) < 4.78 is 9.28. The molecule has 0 N–H and O–H groups in total.